The maximum atomic E-state index is 7.00. The first kappa shape index (κ1) is 30.8. The molecule has 7 heteroatoms. The van der Waals surface area contributed by atoms with E-state index in [2.05, 4.69) is 92.0 Å². The molecule has 0 saturated heterocycles. The number of ether oxygens (including phenoxy) is 5. The van der Waals surface area contributed by atoms with Crippen LogP contribution < -0.4 is 14.2 Å². The molecule has 0 saturated carbocycles. The summed E-state index contributed by atoms with van der Waals surface area (Å²) >= 11 is 0. The molecule has 0 spiro atoms. The Hall–Kier alpha value is -4.20. The lowest BCUT2D eigenvalue weighted by molar-refractivity contribution is 0.198. The number of aryl methyl sites for hydroxylation is 1. The highest BCUT2D eigenvalue weighted by Gasteiger charge is 2.32. The Kier molecular flexibility index (Phi) is 8.92. The molecule has 7 nitrogen and oxygen atoms in total. The van der Waals surface area contributed by atoms with Crippen molar-refractivity contribution in [2.75, 3.05) is 48.5 Å². The number of benzene rings is 3. The molecule has 0 N–H and O–H groups in total. The number of likely N-dealkylation sites (N-methyl/N-ethyl adjacent to an activating group) is 2. The van der Waals surface area contributed by atoms with Gasteiger partial charge in [-0.1, -0.05) is 36.9 Å². The van der Waals surface area contributed by atoms with Gasteiger partial charge in [-0.3, -0.25) is 9.80 Å². The van der Waals surface area contributed by atoms with Crippen molar-refractivity contribution < 1.29 is 23.7 Å². The Bertz CT molecular complexity index is 1640. The molecule has 0 amide bonds. The van der Waals surface area contributed by atoms with Crippen LogP contribution >= 0.6 is 0 Å². The van der Waals surface area contributed by atoms with Gasteiger partial charge < -0.3 is 23.7 Å². The van der Waals surface area contributed by atoms with Crippen molar-refractivity contribution in [3.05, 3.63) is 118 Å². The fourth-order valence-corrected chi connectivity index (χ4v) is 6.79. The second-order valence-corrected chi connectivity index (χ2v) is 12.2. The van der Waals surface area contributed by atoms with Gasteiger partial charge in [0.2, 0.25) is 5.76 Å². The van der Waals surface area contributed by atoms with Crippen LogP contribution in [0.1, 0.15) is 40.3 Å². The van der Waals surface area contributed by atoms with Crippen LogP contribution in [0.25, 0.3) is 0 Å². The molecule has 4 aliphatic heterocycles. The van der Waals surface area contributed by atoms with E-state index in [1.54, 1.807) is 21.3 Å². The summed E-state index contributed by atoms with van der Waals surface area (Å²) in [5.41, 5.74) is 7.16. The molecule has 0 aliphatic carbocycles. The van der Waals surface area contributed by atoms with E-state index in [0.717, 1.165) is 67.0 Å². The predicted octanol–water partition coefficient (Wildman–Crippen LogP) is 7.15. The van der Waals surface area contributed by atoms with Crippen molar-refractivity contribution in [2.45, 2.75) is 44.7 Å². The summed E-state index contributed by atoms with van der Waals surface area (Å²) in [7, 11) is 9.30. The Morgan fingerprint density at radius 3 is 2.29 bits per heavy atom. The fraction of sp³-hybridized carbons (Fsp3) is 0.368. The standard InChI is InChI=1S/C38H44N2O5/c1-24-19-28-16-18-40(4)33-20-26-10-13-29(14-11-26)44-36-22-27(12-15-34(36)42-6)21-32-30(9-8-17-39(32)3)38(37(43-7)25(2)41-5)45-35(24)23-31(28)33/h9-15,19,22-23,32-33H,2,8,16-18,20-21H2,1,3-7H3/b38-37-/t32-,33-/m0/s1. The predicted molar refractivity (Wildman–Crippen MR) is 177 cm³/mol. The average Bonchev–Trinajstić information content (AvgIpc) is 3.04. The van der Waals surface area contributed by atoms with Crippen molar-refractivity contribution in [1.82, 2.24) is 9.80 Å². The van der Waals surface area contributed by atoms with Gasteiger partial charge >= 0.3 is 0 Å². The first-order valence-corrected chi connectivity index (χ1v) is 15.7. The molecule has 0 unspecified atom stereocenters. The molecule has 6 bridgehead atoms. The minimum atomic E-state index is -0.000201. The lowest BCUT2D eigenvalue weighted by Gasteiger charge is -2.37. The minimum Gasteiger partial charge on any atom is -0.493 e. The fourth-order valence-electron chi connectivity index (χ4n) is 6.79. The molecule has 0 aromatic heterocycles. The summed E-state index contributed by atoms with van der Waals surface area (Å²) in [5.74, 6) is 4.51. The average molecular weight is 609 g/mol. The van der Waals surface area contributed by atoms with Crippen LogP contribution in [0.15, 0.2) is 90.1 Å². The van der Waals surface area contributed by atoms with Gasteiger partial charge in [0, 0.05) is 30.7 Å². The Labute approximate surface area is 267 Å². The lowest BCUT2D eigenvalue weighted by atomic mass is 9.87. The number of nitrogens with zero attached hydrogens (tertiary/aromatic N) is 2. The van der Waals surface area contributed by atoms with E-state index in [1.165, 1.54) is 16.7 Å². The summed E-state index contributed by atoms with van der Waals surface area (Å²) in [6, 6.07) is 19.4. The summed E-state index contributed by atoms with van der Waals surface area (Å²) in [5, 5.41) is 0. The molecule has 236 valence electrons. The number of hydrogen-bond acceptors (Lipinski definition) is 7. The number of rotatable bonds is 4. The molecule has 0 fully saturated rings. The topological polar surface area (TPSA) is 52.6 Å². The molecular formula is C38H44N2O5. The van der Waals surface area contributed by atoms with Crippen LogP contribution in [0.4, 0.5) is 0 Å². The molecule has 4 heterocycles. The van der Waals surface area contributed by atoms with Gasteiger partial charge in [-0.25, -0.2) is 0 Å². The maximum absolute atomic E-state index is 7.00. The van der Waals surface area contributed by atoms with Crippen molar-refractivity contribution in [1.29, 1.82) is 0 Å². The zero-order valence-electron chi connectivity index (χ0n) is 27.3. The van der Waals surface area contributed by atoms with Gasteiger partial charge in [0.1, 0.15) is 11.5 Å². The van der Waals surface area contributed by atoms with E-state index in [1.807, 2.05) is 6.07 Å². The van der Waals surface area contributed by atoms with E-state index in [0.29, 0.717) is 28.8 Å². The SMILES string of the molecule is C=C(OC)/C(OC)=C1/Oc2cc3c(cc2C)CCN(C)[C@H]3Cc2ccc(cc2)Oc2cc(ccc2OC)C[C@H]2C1=CCCN2C. The second kappa shape index (κ2) is 13.0. The van der Waals surface area contributed by atoms with Crippen LogP contribution in [-0.2, 0) is 28.7 Å². The van der Waals surface area contributed by atoms with Crippen molar-refractivity contribution in [3.8, 4) is 23.0 Å². The Morgan fingerprint density at radius 2 is 1.56 bits per heavy atom. The molecule has 2 atom stereocenters. The molecule has 3 aromatic carbocycles. The van der Waals surface area contributed by atoms with E-state index in [-0.39, 0.29) is 12.1 Å². The Balaban J connectivity index is 1.56. The summed E-state index contributed by atoms with van der Waals surface area (Å²) in [6.45, 7) is 8.22. The van der Waals surface area contributed by atoms with Crippen LogP contribution in [0, 0.1) is 6.92 Å². The molecule has 0 radical (unpaired) electrons. The molecule has 3 aromatic rings. The first-order valence-electron chi connectivity index (χ1n) is 15.7. The van der Waals surface area contributed by atoms with Gasteiger partial charge in [0.25, 0.3) is 0 Å². The quantitative estimate of drug-likeness (QED) is 0.292. The summed E-state index contributed by atoms with van der Waals surface area (Å²) < 4.78 is 30.7. The highest BCUT2D eigenvalue weighted by Crippen LogP contribution is 2.40. The smallest absolute Gasteiger partial charge is 0.203 e. The van der Waals surface area contributed by atoms with Crippen LogP contribution in [0.3, 0.4) is 0 Å². The third-order valence-corrected chi connectivity index (χ3v) is 9.42. The van der Waals surface area contributed by atoms with E-state index < -0.39 is 0 Å². The minimum absolute atomic E-state index is 0.000201. The van der Waals surface area contributed by atoms with Crippen LogP contribution in [0.2, 0.25) is 0 Å². The third kappa shape index (κ3) is 6.20. The normalized spacial score (nSPS) is 21.2. The molecule has 45 heavy (non-hydrogen) atoms. The molecular weight excluding hydrogens is 564 g/mol. The zero-order chi connectivity index (χ0) is 31.7. The Morgan fingerprint density at radius 1 is 0.822 bits per heavy atom. The lowest BCUT2D eigenvalue weighted by Crippen LogP contribution is -2.40. The maximum Gasteiger partial charge on any atom is 0.203 e. The van der Waals surface area contributed by atoms with Gasteiger partial charge in [0.15, 0.2) is 23.0 Å². The summed E-state index contributed by atoms with van der Waals surface area (Å²) in [4.78, 5) is 4.81. The van der Waals surface area contributed by atoms with Crippen molar-refractivity contribution in [2.24, 2.45) is 0 Å². The third-order valence-electron chi connectivity index (χ3n) is 9.42. The molecule has 7 rings (SSSR count). The van der Waals surface area contributed by atoms with Crippen LogP contribution in [0.5, 0.6) is 23.0 Å². The highest BCUT2D eigenvalue weighted by atomic mass is 16.5. The monoisotopic (exact) mass is 608 g/mol. The zero-order valence-corrected chi connectivity index (χ0v) is 27.3. The van der Waals surface area contributed by atoms with Gasteiger partial charge in [-0.15, -0.1) is 0 Å². The first-order chi connectivity index (χ1) is 21.8. The van der Waals surface area contributed by atoms with Crippen molar-refractivity contribution in [3.63, 3.8) is 0 Å². The summed E-state index contributed by atoms with van der Waals surface area (Å²) in [6.07, 6.45) is 5.75. The van der Waals surface area contributed by atoms with E-state index >= 15 is 0 Å². The number of fused-ring (bicyclic) bond motifs is 3. The second-order valence-electron chi connectivity index (χ2n) is 12.2. The van der Waals surface area contributed by atoms with Gasteiger partial charge in [-0.05, 0) is 105 Å². The largest absolute Gasteiger partial charge is 0.493 e. The van der Waals surface area contributed by atoms with E-state index in [4.69, 9.17) is 23.7 Å². The van der Waals surface area contributed by atoms with Crippen LogP contribution in [-0.4, -0.2) is 64.4 Å². The van der Waals surface area contributed by atoms with E-state index in [9.17, 15) is 0 Å². The number of methoxy groups -OCH3 is 3. The molecule has 4 aliphatic rings. The van der Waals surface area contributed by atoms with Gasteiger partial charge in [-0.2, -0.15) is 0 Å². The van der Waals surface area contributed by atoms with Gasteiger partial charge in [0.05, 0.1) is 21.3 Å². The number of hydrogen-bond donors (Lipinski definition) is 0. The van der Waals surface area contributed by atoms with Crippen molar-refractivity contribution >= 4 is 0 Å². The highest BCUT2D eigenvalue weighted by molar-refractivity contribution is 5.51.